The van der Waals surface area contributed by atoms with Gasteiger partial charge in [-0.2, -0.15) is 0 Å². The van der Waals surface area contributed by atoms with Crippen molar-refractivity contribution in [3.63, 3.8) is 0 Å². The van der Waals surface area contributed by atoms with Crippen LogP contribution in [0.15, 0.2) is 30.7 Å². The fourth-order valence-electron chi connectivity index (χ4n) is 2.97. The smallest absolute Gasteiger partial charge is 0.147 e. The Morgan fingerprint density at radius 2 is 2.10 bits per heavy atom. The summed E-state index contributed by atoms with van der Waals surface area (Å²) in [5.74, 6) is 0.370. The minimum absolute atomic E-state index is 0.0112. The van der Waals surface area contributed by atoms with Crippen LogP contribution in [-0.4, -0.2) is 29.8 Å². The molecule has 0 amide bonds. The second-order valence-electron chi connectivity index (χ2n) is 5.78. The van der Waals surface area contributed by atoms with E-state index in [0.717, 1.165) is 31.6 Å². The van der Waals surface area contributed by atoms with Crippen molar-refractivity contribution < 1.29 is 9.13 Å². The Kier molecular flexibility index (Phi) is 3.68. The van der Waals surface area contributed by atoms with Gasteiger partial charge in [0.05, 0.1) is 19.1 Å². The monoisotopic (exact) mass is 289 g/mol. The number of methoxy groups -OCH3 is 1. The van der Waals surface area contributed by atoms with Gasteiger partial charge >= 0.3 is 0 Å². The summed E-state index contributed by atoms with van der Waals surface area (Å²) in [6.45, 7) is 4.17. The Bertz CT molecular complexity index is 632. The molecule has 0 radical (unpaired) electrons. The Morgan fingerprint density at radius 3 is 2.81 bits per heavy atom. The van der Waals surface area contributed by atoms with Crippen LogP contribution in [0.25, 0.3) is 5.69 Å². The highest BCUT2D eigenvalue weighted by Crippen LogP contribution is 2.34. The predicted molar refractivity (Wildman–Crippen MR) is 79.5 cm³/mol. The first-order valence-electron chi connectivity index (χ1n) is 7.21. The number of rotatable bonds is 3. The number of nitrogens with zero attached hydrogens (tertiary/aromatic N) is 2. The van der Waals surface area contributed by atoms with Gasteiger partial charge in [0.15, 0.2) is 0 Å². The lowest BCUT2D eigenvalue weighted by Crippen LogP contribution is -2.38. The lowest BCUT2D eigenvalue weighted by Gasteiger charge is -2.34. The predicted octanol–water partition coefficient (Wildman–Crippen LogP) is 2.66. The maximum absolute atomic E-state index is 14.2. The molecule has 0 atom stereocenters. The number of hydrogen-bond acceptors (Lipinski definition) is 3. The van der Waals surface area contributed by atoms with Gasteiger partial charge in [-0.25, -0.2) is 9.37 Å². The normalized spacial score (nSPS) is 17.7. The van der Waals surface area contributed by atoms with Gasteiger partial charge in [-0.15, -0.1) is 0 Å². The number of benzene rings is 1. The topological polar surface area (TPSA) is 39.1 Å². The zero-order valence-electron chi connectivity index (χ0n) is 12.4. The van der Waals surface area contributed by atoms with Crippen LogP contribution in [0.3, 0.4) is 0 Å². The molecule has 1 aliphatic rings. The van der Waals surface area contributed by atoms with Gasteiger partial charge in [0, 0.05) is 23.4 Å². The van der Waals surface area contributed by atoms with Crippen molar-refractivity contribution >= 4 is 0 Å². The lowest BCUT2D eigenvalue weighted by atomic mass is 9.78. The molecular weight excluding hydrogens is 269 g/mol. The van der Waals surface area contributed by atoms with Crippen molar-refractivity contribution in [2.75, 3.05) is 20.2 Å². The SMILES string of the molecule is COc1ccc(F)c(-n2cncc2C2(C)CCNCC2)c1. The highest BCUT2D eigenvalue weighted by Gasteiger charge is 2.32. The van der Waals surface area contributed by atoms with Crippen LogP contribution in [0.2, 0.25) is 0 Å². The summed E-state index contributed by atoms with van der Waals surface area (Å²) in [6.07, 6.45) is 5.57. The van der Waals surface area contributed by atoms with Crippen LogP contribution < -0.4 is 10.1 Å². The quantitative estimate of drug-likeness (QED) is 0.944. The summed E-state index contributed by atoms with van der Waals surface area (Å²) < 4.78 is 21.3. The number of halogens is 1. The summed E-state index contributed by atoms with van der Waals surface area (Å²) in [5.41, 5.74) is 1.55. The van der Waals surface area contributed by atoms with Gasteiger partial charge < -0.3 is 10.1 Å². The molecule has 0 bridgehead atoms. The van der Waals surface area contributed by atoms with Crippen LogP contribution in [0.5, 0.6) is 5.75 Å². The molecule has 1 aromatic heterocycles. The first-order chi connectivity index (χ1) is 10.1. The standard InChI is InChI=1S/C16H20FN3O/c1-16(5-7-18-8-6-16)15-10-19-11-20(15)14-9-12(21-2)3-4-13(14)17/h3-4,9-11,18H,5-8H2,1-2H3. The Labute approximate surface area is 124 Å². The van der Waals surface area contributed by atoms with Gasteiger partial charge in [-0.3, -0.25) is 4.57 Å². The van der Waals surface area contributed by atoms with Crippen LogP contribution >= 0.6 is 0 Å². The molecule has 0 aliphatic carbocycles. The van der Waals surface area contributed by atoms with E-state index in [0.29, 0.717) is 11.4 Å². The molecule has 1 aromatic carbocycles. The van der Waals surface area contributed by atoms with E-state index in [1.54, 1.807) is 25.6 Å². The van der Waals surface area contributed by atoms with Crippen molar-refractivity contribution in [2.45, 2.75) is 25.2 Å². The Morgan fingerprint density at radius 1 is 1.33 bits per heavy atom. The second kappa shape index (κ2) is 5.48. The maximum atomic E-state index is 14.2. The molecule has 4 nitrogen and oxygen atoms in total. The number of piperidine rings is 1. The maximum Gasteiger partial charge on any atom is 0.147 e. The molecule has 21 heavy (non-hydrogen) atoms. The average Bonchev–Trinajstić information content (AvgIpc) is 2.99. The molecule has 0 spiro atoms. The highest BCUT2D eigenvalue weighted by molar-refractivity contribution is 5.43. The summed E-state index contributed by atoms with van der Waals surface area (Å²) in [5, 5.41) is 3.37. The fourth-order valence-corrected chi connectivity index (χ4v) is 2.97. The van der Waals surface area contributed by atoms with E-state index < -0.39 is 0 Å². The molecule has 2 heterocycles. The number of imidazole rings is 1. The van der Waals surface area contributed by atoms with E-state index in [9.17, 15) is 4.39 Å². The third-order valence-corrected chi connectivity index (χ3v) is 4.38. The Balaban J connectivity index is 2.06. The number of ether oxygens (including phenoxy) is 1. The van der Waals surface area contributed by atoms with Gasteiger partial charge in [0.2, 0.25) is 0 Å². The van der Waals surface area contributed by atoms with Crippen molar-refractivity contribution in [1.29, 1.82) is 0 Å². The molecule has 3 rings (SSSR count). The van der Waals surface area contributed by atoms with Crippen molar-refractivity contribution in [3.8, 4) is 11.4 Å². The van der Waals surface area contributed by atoms with Gasteiger partial charge in [-0.1, -0.05) is 6.92 Å². The third kappa shape index (κ3) is 2.53. The van der Waals surface area contributed by atoms with Crippen LogP contribution in [-0.2, 0) is 5.41 Å². The molecule has 1 saturated heterocycles. The fraction of sp³-hybridized carbons (Fsp3) is 0.438. The first-order valence-corrected chi connectivity index (χ1v) is 7.21. The van der Waals surface area contributed by atoms with E-state index in [2.05, 4.69) is 17.2 Å². The summed E-state index contributed by atoms with van der Waals surface area (Å²) >= 11 is 0. The number of nitrogens with one attached hydrogen (secondary N) is 1. The van der Waals surface area contributed by atoms with E-state index in [4.69, 9.17) is 4.74 Å². The van der Waals surface area contributed by atoms with E-state index >= 15 is 0 Å². The molecule has 0 saturated carbocycles. The Hall–Kier alpha value is -1.88. The minimum atomic E-state index is -0.271. The molecule has 0 unspecified atom stereocenters. The zero-order valence-corrected chi connectivity index (χ0v) is 12.4. The molecule has 5 heteroatoms. The lowest BCUT2D eigenvalue weighted by molar-refractivity contribution is 0.323. The van der Waals surface area contributed by atoms with Crippen molar-refractivity contribution in [3.05, 3.63) is 42.2 Å². The largest absolute Gasteiger partial charge is 0.497 e. The summed E-state index contributed by atoms with van der Waals surface area (Å²) in [6, 6.07) is 4.77. The average molecular weight is 289 g/mol. The van der Waals surface area contributed by atoms with Gasteiger partial charge in [0.25, 0.3) is 0 Å². The van der Waals surface area contributed by atoms with Crippen LogP contribution in [0.1, 0.15) is 25.5 Å². The zero-order chi connectivity index (χ0) is 14.9. The third-order valence-electron chi connectivity index (χ3n) is 4.38. The highest BCUT2D eigenvalue weighted by atomic mass is 19.1. The van der Waals surface area contributed by atoms with Crippen molar-refractivity contribution in [1.82, 2.24) is 14.9 Å². The molecule has 1 N–H and O–H groups in total. The minimum Gasteiger partial charge on any atom is -0.497 e. The molecular formula is C16H20FN3O. The van der Waals surface area contributed by atoms with E-state index in [1.807, 2.05) is 10.8 Å². The summed E-state index contributed by atoms with van der Waals surface area (Å²) in [4.78, 5) is 4.25. The molecule has 112 valence electrons. The van der Waals surface area contributed by atoms with Crippen LogP contribution in [0, 0.1) is 5.82 Å². The number of aromatic nitrogens is 2. The van der Waals surface area contributed by atoms with E-state index in [-0.39, 0.29) is 11.2 Å². The molecule has 2 aromatic rings. The number of hydrogen-bond donors (Lipinski definition) is 1. The first kappa shape index (κ1) is 14.1. The van der Waals surface area contributed by atoms with Gasteiger partial charge in [0.1, 0.15) is 11.6 Å². The molecule has 1 fully saturated rings. The summed E-state index contributed by atoms with van der Waals surface area (Å²) in [7, 11) is 1.58. The molecule has 1 aliphatic heterocycles. The van der Waals surface area contributed by atoms with E-state index in [1.165, 1.54) is 6.07 Å². The van der Waals surface area contributed by atoms with Crippen molar-refractivity contribution in [2.24, 2.45) is 0 Å². The van der Waals surface area contributed by atoms with Gasteiger partial charge in [-0.05, 0) is 38.1 Å². The second-order valence-corrected chi connectivity index (χ2v) is 5.78. The van der Waals surface area contributed by atoms with Crippen LogP contribution in [0.4, 0.5) is 4.39 Å².